The second kappa shape index (κ2) is 3.19. The molecule has 0 bridgehead atoms. The highest BCUT2D eigenvalue weighted by Gasteiger charge is 2.36. The van der Waals surface area contributed by atoms with E-state index in [2.05, 4.69) is 0 Å². The molecule has 11 heavy (non-hydrogen) atoms. The van der Waals surface area contributed by atoms with Crippen LogP contribution in [-0.2, 0) is 9.53 Å². The Labute approximate surface area is 65.3 Å². The van der Waals surface area contributed by atoms with Crippen LogP contribution in [0.1, 0.15) is 12.8 Å². The first-order chi connectivity index (χ1) is 5.15. The number of hydrogen-bond acceptors (Lipinski definition) is 3. The standard InChI is InChI=1S/C7H13NO3/c1-11-5-2-4(3-5)6(8)7(9)10/h4-6H,2-3,8H2,1H3,(H,9,10). The quantitative estimate of drug-likeness (QED) is 0.599. The van der Waals surface area contributed by atoms with Gasteiger partial charge in [0, 0.05) is 7.11 Å². The van der Waals surface area contributed by atoms with Gasteiger partial charge < -0.3 is 15.6 Å². The van der Waals surface area contributed by atoms with E-state index in [1.165, 1.54) is 0 Å². The van der Waals surface area contributed by atoms with Gasteiger partial charge in [0.05, 0.1) is 6.10 Å². The minimum Gasteiger partial charge on any atom is -0.480 e. The van der Waals surface area contributed by atoms with E-state index in [9.17, 15) is 4.79 Å². The van der Waals surface area contributed by atoms with Gasteiger partial charge in [-0.1, -0.05) is 0 Å². The summed E-state index contributed by atoms with van der Waals surface area (Å²) in [5.74, 6) is -0.804. The number of methoxy groups -OCH3 is 1. The zero-order chi connectivity index (χ0) is 8.43. The fourth-order valence-corrected chi connectivity index (χ4v) is 1.29. The Hall–Kier alpha value is -0.610. The van der Waals surface area contributed by atoms with Crippen molar-refractivity contribution in [1.29, 1.82) is 0 Å². The second-order valence-corrected chi connectivity index (χ2v) is 2.95. The van der Waals surface area contributed by atoms with Crippen LogP contribution >= 0.6 is 0 Å². The van der Waals surface area contributed by atoms with Crippen molar-refractivity contribution in [3.8, 4) is 0 Å². The molecular formula is C7H13NO3. The lowest BCUT2D eigenvalue weighted by Gasteiger charge is -2.36. The Morgan fingerprint density at radius 2 is 2.27 bits per heavy atom. The molecule has 64 valence electrons. The third-order valence-corrected chi connectivity index (χ3v) is 2.26. The first-order valence-electron chi connectivity index (χ1n) is 3.66. The molecule has 1 unspecified atom stereocenters. The van der Waals surface area contributed by atoms with E-state index in [0.29, 0.717) is 0 Å². The Kier molecular flexibility index (Phi) is 2.46. The van der Waals surface area contributed by atoms with Crippen LogP contribution in [0.4, 0.5) is 0 Å². The van der Waals surface area contributed by atoms with Crippen LogP contribution in [0.2, 0.25) is 0 Å². The molecule has 0 aliphatic heterocycles. The lowest BCUT2D eigenvalue weighted by Crippen LogP contribution is -2.46. The fraction of sp³-hybridized carbons (Fsp3) is 0.857. The van der Waals surface area contributed by atoms with Gasteiger partial charge in [0.25, 0.3) is 0 Å². The van der Waals surface area contributed by atoms with Gasteiger partial charge in [0.2, 0.25) is 0 Å². The van der Waals surface area contributed by atoms with Crippen molar-refractivity contribution < 1.29 is 14.6 Å². The Bertz CT molecular complexity index is 154. The summed E-state index contributed by atoms with van der Waals surface area (Å²) in [6.07, 6.45) is 1.79. The van der Waals surface area contributed by atoms with Crippen molar-refractivity contribution in [2.24, 2.45) is 11.7 Å². The summed E-state index contributed by atoms with van der Waals surface area (Å²) in [6.45, 7) is 0. The van der Waals surface area contributed by atoms with Crippen molar-refractivity contribution in [2.45, 2.75) is 25.0 Å². The van der Waals surface area contributed by atoms with Crippen LogP contribution in [0, 0.1) is 5.92 Å². The largest absolute Gasteiger partial charge is 0.480 e. The number of aliphatic carboxylic acids is 1. The molecule has 1 fully saturated rings. The summed E-state index contributed by atoms with van der Waals surface area (Å²) < 4.78 is 5.00. The van der Waals surface area contributed by atoms with Gasteiger partial charge in [-0.15, -0.1) is 0 Å². The van der Waals surface area contributed by atoms with Crippen molar-refractivity contribution in [2.75, 3.05) is 7.11 Å². The van der Waals surface area contributed by atoms with Gasteiger partial charge in [0.15, 0.2) is 0 Å². The molecule has 1 aliphatic rings. The minimum absolute atomic E-state index is 0.109. The third-order valence-electron chi connectivity index (χ3n) is 2.26. The third kappa shape index (κ3) is 1.70. The van der Waals surface area contributed by atoms with Gasteiger partial charge in [-0.25, -0.2) is 0 Å². The number of ether oxygens (including phenoxy) is 1. The molecule has 0 saturated heterocycles. The average Bonchev–Trinajstić information content (AvgIpc) is 1.85. The maximum atomic E-state index is 10.4. The molecule has 4 nitrogen and oxygen atoms in total. The van der Waals surface area contributed by atoms with E-state index in [0.717, 1.165) is 12.8 Å². The molecule has 1 rings (SSSR count). The normalized spacial score (nSPS) is 32.5. The van der Waals surface area contributed by atoms with E-state index in [1.54, 1.807) is 7.11 Å². The van der Waals surface area contributed by atoms with Crippen LogP contribution in [-0.4, -0.2) is 30.3 Å². The average molecular weight is 159 g/mol. The predicted octanol–water partition coefficient (Wildman–Crippen LogP) is -0.177. The summed E-state index contributed by atoms with van der Waals surface area (Å²) in [6, 6.07) is -0.707. The number of rotatable bonds is 3. The van der Waals surface area contributed by atoms with Crippen LogP contribution in [0.25, 0.3) is 0 Å². The molecule has 3 N–H and O–H groups in total. The van der Waals surface area contributed by atoms with Gasteiger partial charge in [-0.3, -0.25) is 4.79 Å². The van der Waals surface area contributed by atoms with E-state index in [4.69, 9.17) is 15.6 Å². The van der Waals surface area contributed by atoms with Gasteiger partial charge in [-0.2, -0.15) is 0 Å². The van der Waals surface area contributed by atoms with E-state index >= 15 is 0 Å². The fourth-order valence-electron chi connectivity index (χ4n) is 1.29. The highest BCUT2D eigenvalue weighted by atomic mass is 16.5. The smallest absolute Gasteiger partial charge is 0.320 e. The predicted molar refractivity (Wildman–Crippen MR) is 39.1 cm³/mol. The van der Waals surface area contributed by atoms with E-state index in [-0.39, 0.29) is 12.0 Å². The molecule has 1 saturated carbocycles. The number of nitrogens with two attached hydrogens (primary N) is 1. The first-order valence-corrected chi connectivity index (χ1v) is 3.66. The number of carboxylic acids is 1. The molecule has 0 heterocycles. The SMILES string of the molecule is COC1CC(C(N)C(=O)O)C1. The molecule has 0 aromatic heterocycles. The highest BCUT2D eigenvalue weighted by Crippen LogP contribution is 2.31. The minimum atomic E-state index is -0.912. The summed E-state index contributed by atoms with van der Waals surface area (Å²) in [5, 5.41) is 8.51. The van der Waals surface area contributed by atoms with Crippen LogP contribution in [0.3, 0.4) is 0 Å². The summed E-state index contributed by atoms with van der Waals surface area (Å²) in [7, 11) is 1.63. The topological polar surface area (TPSA) is 72.5 Å². The van der Waals surface area contributed by atoms with Gasteiger partial charge >= 0.3 is 5.97 Å². The van der Waals surface area contributed by atoms with Crippen molar-refractivity contribution in [3.63, 3.8) is 0 Å². The molecule has 4 heteroatoms. The summed E-state index contributed by atoms with van der Waals surface area (Å²) in [4.78, 5) is 10.4. The van der Waals surface area contributed by atoms with E-state index < -0.39 is 12.0 Å². The maximum Gasteiger partial charge on any atom is 0.320 e. The lowest BCUT2D eigenvalue weighted by molar-refractivity contribution is -0.142. The first kappa shape index (κ1) is 8.49. The molecule has 0 spiro atoms. The Morgan fingerprint density at radius 3 is 2.64 bits per heavy atom. The summed E-state index contributed by atoms with van der Waals surface area (Å²) in [5.41, 5.74) is 5.38. The number of carboxylic acid groups (broad SMARTS) is 1. The van der Waals surface area contributed by atoms with Crippen molar-refractivity contribution in [3.05, 3.63) is 0 Å². The molecular weight excluding hydrogens is 146 g/mol. The molecule has 1 atom stereocenters. The number of carbonyl (C=O) groups is 1. The highest BCUT2D eigenvalue weighted by molar-refractivity contribution is 5.73. The molecule has 0 aromatic rings. The summed E-state index contributed by atoms with van der Waals surface area (Å²) >= 11 is 0. The van der Waals surface area contributed by atoms with Crippen molar-refractivity contribution >= 4 is 5.97 Å². The number of hydrogen-bond donors (Lipinski definition) is 2. The Balaban J connectivity index is 2.26. The molecule has 0 radical (unpaired) electrons. The zero-order valence-electron chi connectivity index (χ0n) is 6.49. The van der Waals surface area contributed by atoms with Crippen LogP contribution in [0.15, 0.2) is 0 Å². The zero-order valence-corrected chi connectivity index (χ0v) is 6.49. The monoisotopic (exact) mass is 159 g/mol. The van der Waals surface area contributed by atoms with Crippen LogP contribution < -0.4 is 5.73 Å². The van der Waals surface area contributed by atoms with Gasteiger partial charge in [-0.05, 0) is 18.8 Å². The second-order valence-electron chi connectivity index (χ2n) is 2.95. The molecule has 0 amide bonds. The molecule has 1 aliphatic carbocycles. The van der Waals surface area contributed by atoms with Crippen molar-refractivity contribution in [1.82, 2.24) is 0 Å². The Morgan fingerprint density at radius 1 is 1.73 bits per heavy atom. The maximum absolute atomic E-state index is 10.4. The lowest BCUT2D eigenvalue weighted by atomic mass is 9.77. The van der Waals surface area contributed by atoms with Crippen LogP contribution in [0.5, 0.6) is 0 Å². The van der Waals surface area contributed by atoms with Gasteiger partial charge in [0.1, 0.15) is 6.04 Å². The molecule has 0 aromatic carbocycles. The van der Waals surface area contributed by atoms with E-state index in [1.807, 2.05) is 0 Å².